The summed E-state index contributed by atoms with van der Waals surface area (Å²) in [5, 5.41) is 2.15. The molecule has 14 heteroatoms. The summed E-state index contributed by atoms with van der Waals surface area (Å²) in [6.07, 6.45) is 4.69. The fraction of sp³-hybridized carbons (Fsp3) is 0.649. The molecule has 51 heavy (non-hydrogen) atoms. The molecule has 5 amide bonds. The highest BCUT2D eigenvalue weighted by Crippen LogP contribution is 2.46. The molecule has 5 atom stereocenters. The normalized spacial score (nSPS) is 26.8. The molecule has 278 valence electrons. The third-order valence-corrected chi connectivity index (χ3v) is 13.0. The first-order chi connectivity index (χ1) is 24.1. The van der Waals surface area contributed by atoms with Gasteiger partial charge in [-0.15, -0.1) is 6.58 Å². The lowest BCUT2D eigenvalue weighted by Crippen LogP contribution is -2.57. The molecule has 4 fully saturated rings. The van der Waals surface area contributed by atoms with Gasteiger partial charge in [0.25, 0.3) is 5.91 Å². The summed E-state index contributed by atoms with van der Waals surface area (Å²) in [7, 11) is -3.89. The molecule has 2 aliphatic carbocycles. The number of nitrogens with one attached hydrogen (secondary N) is 2. The molecule has 0 bridgehead atoms. The van der Waals surface area contributed by atoms with Gasteiger partial charge in [0, 0.05) is 44.9 Å². The van der Waals surface area contributed by atoms with Crippen LogP contribution in [0.4, 0.5) is 4.79 Å². The maximum atomic E-state index is 14.6. The zero-order chi connectivity index (χ0) is 36.7. The first-order valence-corrected chi connectivity index (χ1v) is 19.8. The van der Waals surface area contributed by atoms with E-state index in [0.717, 1.165) is 24.8 Å². The maximum Gasteiger partial charge on any atom is 0.410 e. The summed E-state index contributed by atoms with van der Waals surface area (Å²) in [6, 6.07) is 6.76. The van der Waals surface area contributed by atoms with Crippen LogP contribution in [-0.4, -0.2) is 102 Å². The van der Waals surface area contributed by atoms with Gasteiger partial charge in [-0.05, 0) is 61.5 Å². The van der Waals surface area contributed by atoms with Gasteiger partial charge >= 0.3 is 6.09 Å². The van der Waals surface area contributed by atoms with E-state index in [1.807, 2.05) is 45.0 Å². The zero-order valence-electron chi connectivity index (χ0n) is 29.9. The Labute approximate surface area is 300 Å². The van der Waals surface area contributed by atoms with Crippen molar-refractivity contribution in [3.8, 4) is 0 Å². The smallest absolute Gasteiger partial charge is 0.410 e. The fourth-order valence-corrected chi connectivity index (χ4v) is 9.04. The minimum atomic E-state index is -3.89. The van der Waals surface area contributed by atoms with E-state index < -0.39 is 74.0 Å². The molecule has 2 N–H and O–H groups in total. The second kappa shape index (κ2) is 14.2. The van der Waals surface area contributed by atoms with Gasteiger partial charge in [-0.25, -0.2) is 13.2 Å². The Morgan fingerprint density at radius 3 is 2.33 bits per heavy atom. The molecule has 0 unspecified atom stereocenters. The number of nitrogens with zero attached hydrogens (tertiary/aromatic N) is 3. The SMILES string of the molecule is C=C[C@@H]1C[C@]1(NC(=O)[C@@H]1C[C@@H](OC(=O)N2CCc3ccccc3C2)CN1C(=O)[C@@H](CC(=O)N1CCCCC1)C(C)(C)C)C(=O)NS(=O)(=O)C1CC1. The second-order valence-corrected chi connectivity index (χ2v) is 17.9. The number of hydrogen-bond donors (Lipinski definition) is 2. The number of carbonyl (C=O) groups excluding carboxylic acids is 5. The van der Waals surface area contributed by atoms with Crippen LogP contribution in [0.3, 0.4) is 0 Å². The molecule has 1 aromatic rings. The minimum Gasteiger partial charge on any atom is -0.444 e. The van der Waals surface area contributed by atoms with Crippen molar-refractivity contribution in [2.24, 2.45) is 17.3 Å². The van der Waals surface area contributed by atoms with Crippen molar-refractivity contribution in [3.05, 3.63) is 48.0 Å². The van der Waals surface area contributed by atoms with Crippen LogP contribution in [0.1, 0.15) is 83.3 Å². The topological polar surface area (TPSA) is 162 Å². The summed E-state index contributed by atoms with van der Waals surface area (Å²) in [4.78, 5) is 73.9. The van der Waals surface area contributed by atoms with Gasteiger partial charge in [0.05, 0.1) is 17.7 Å². The molecule has 5 aliphatic rings. The van der Waals surface area contributed by atoms with E-state index in [2.05, 4.69) is 16.6 Å². The van der Waals surface area contributed by atoms with Crippen molar-refractivity contribution in [1.82, 2.24) is 24.7 Å². The summed E-state index contributed by atoms with van der Waals surface area (Å²) in [5.74, 6) is -3.32. The Balaban J connectivity index is 1.22. The van der Waals surface area contributed by atoms with Gasteiger partial charge in [0.15, 0.2) is 0 Å². The third kappa shape index (κ3) is 7.95. The average Bonchev–Trinajstić information content (AvgIpc) is 4.03. The van der Waals surface area contributed by atoms with Crippen LogP contribution in [-0.2, 0) is 46.9 Å². The molecule has 0 radical (unpaired) electrons. The Hall–Kier alpha value is -3.94. The molecule has 0 spiro atoms. The van der Waals surface area contributed by atoms with Gasteiger partial charge in [-0.1, -0.05) is 51.1 Å². The van der Waals surface area contributed by atoms with E-state index in [1.165, 1.54) is 16.5 Å². The first-order valence-electron chi connectivity index (χ1n) is 18.2. The highest BCUT2D eigenvalue weighted by Gasteiger charge is 2.62. The lowest BCUT2D eigenvalue weighted by molar-refractivity contribution is -0.148. The number of ether oxygens (including phenoxy) is 1. The molecule has 6 rings (SSSR count). The van der Waals surface area contributed by atoms with Crippen LogP contribution < -0.4 is 10.0 Å². The lowest BCUT2D eigenvalue weighted by Gasteiger charge is -2.36. The number of likely N-dealkylation sites (tertiary alicyclic amines) is 2. The number of fused-ring (bicyclic) bond motifs is 1. The van der Waals surface area contributed by atoms with Gasteiger partial charge < -0.3 is 24.8 Å². The van der Waals surface area contributed by atoms with Crippen LogP contribution >= 0.6 is 0 Å². The molecule has 13 nitrogen and oxygen atoms in total. The number of amides is 5. The Morgan fingerprint density at radius 1 is 1.02 bits per heavy atom. The van der Waals surface area contributed by atoms with Gasteiger partial charge in [0.1, 0.15) is 17.7 Å². The third-order valence-electron chi connectivity index (χ3n) is 11.2. The van der Waals surface area contributed by atoms with Gasteiger partial charge in [-0.3, -0.25) is 23.9 Å². The van der Waals surface area contributed by atoms with Crippen molar-refractivity contribution in [2.75, 3.05) is 26.2 Å². The van der Waals surface area contributed by atoms with E-state index in [-0.39, 0.29) is 31.7 Å². The number of rotatable bonds is 10. The lowest BCUT2D eigenvalue weighted by atomic mass is 9.77. The first kappa shape index (κ1) is 36.8. The maximum absolute atomic E-state index is 14.6. The summed E-state index contributed by atoms with van der Waals surface area (Å²) in [5.41, 5.74) is 0.00605. The van der Waals surface area contributed by atoms with E-state index in [0.29, 0.717) is 45.4 Å². The molecule has 0 aromatic heterocycles. The van der Waals surface area contributed by atoms with Crippen molar-refractivity contribution >= 4 is 39.7 Å². The number of carbonyl (C=O) groups is 5. The predicted molar refractivity (Wildman–Crippen MR) is 188 cm³/mol. The van der Waals surface area contributed by atoms with Crippen LogP contribution in [0.5, 0.6) is 0 Å². The molecular formula is C37H51N5O8S. The zero-order valence-corrected chi connectivity index (χ0v) is 30.7. The monoisotopic (exact) mass is 725 g/mol. The quantitative estimate of drug-likeness (QED) is 0.348. The van der Waals surface area contributed by atoms with Crippen molar-refractivity contribution in [1.29, 1.82) is 0 Å². The number of piperidine rings is 1. The Morgan fingerprint density at radius 2 is 1.71 bits per heavy atom. The van der Waals surface area contributed by atoms with E-state index in [4.69, 9.17) is 4.74 Å². The number of hydrogen-bond acceptors (Lipinski definition) is 8. The van der Waals surface area contributed by atoms with Gasteiger partial charge in [0.2, 0.25) is 27.7 Å². The summed E-state index contributed by atoms with van der Waals surface area (Å²) < 4.78 is 33.5. The standard InChI is InChI=1S/C37H51N5O8S/c1-5-26-21-37(26,34(46)39-51(48,49)28-13-14-28)38-32(44)30-19-27(50-35(47)41-18-15-24-11-7-8-12-25(24)22-41)23-42(30)33(45)29(36(2,3)4)20-31(43)40-16-9-6-10-17-40/h5,7-8,11-12,26-30H,1,6,9-10,13-23H2,2-4H3,(H,38,44)(H,39,46)/t26-,27-,29-,30+,37-/m1/s1. The number of benzene rings is 1. The Bertz CT molecular complexity index is 1680. The highest BCUT2D eigenvalue weighted by molar-refractivity contribution is 7.91. The van der Waals surface area contributed by atoms with Crippen LogP contribution in [0.2, 0.25) is 0 Å². The van der Waals surface area contributed by atoms with E-state index >= 15 is 0 Å². The van der Waals surface area contributed by atoms with Crippen LogP contribution in [0.25, 0.3) is 0 Å². The largest absolute Gasteiger partial charge is 0.444 e. The highest BCUT2D eigenvalue weighted by atomic mass is 32.2. The van der Waals surface area contributed by atoms with Crippen LogP contribution in [0.15, 0.2) is 36.9 Å². The van der Waals surface area contributed by atoms with Crippen LogP contribution in [0, 0.1) is 17.3 Å². The molecule has 3 aliphatic heterocycles. The predicted octanol–water partition coefficient (Wildman–Crippen LogP) is 2.89. The average molecular weight is 726 g/mol. The molecule has 2 saturated carbocycles. The van der Waals surface area contributed by atoms with E-state index in [9.17, 15) is 32.4 Å². The van der Waals surface area contributed by atoms with Crippen molar-refractivity contribution in [2.45, 2.75) is 108 Å². The van der Waals surface area contributed by atoms with Crippen molar-refractivity contribution in [3.63, 3.8) is 0 Å². The molecular weight excluding hydrogens is 675 g/mol. The van der Waals surface area contributed by atoms with Gasteiger partial charge in [-0.2, -0.15) is 0 Å². The van der Waals surface area contributed by atoms with E-state index in [1.54, 1.807) is 9.80 Å². The minimum absolute atomic E-state index is 0.0263. The Kier molecular flexibility index (Phi) is 10.3. The fourth-order valence-electron chi connectivity index (χ4n) is 7.67. The molecule has 1 aromatic carbocycles. The summed E-state index contributed by atoms with van der Waals surface area (Å²) >= 11 is 0. The number of sulfonamides is 1. The molecule has 3 heterocycles. The molecule has 2 saturated heterocycles. The second-order valence-electron chi connectivity index (χ2n) is 15.9. The summed E-state index contributed by atoms with van der Waals surface area (Å²) in [6.45, 7) is 11.5. The van der Waals surface area contributed by atoms with Crippen molar-refractivity contribution < 1.29 is 37.1 Å².